The van der Waals surface area contributed by atoms with E-state index in [1.807, 2.05) is 0 Å². The van der Waals surface area contributed by atoms with Crippen molar-refractivity contribution in [1.29, 1.82) is 0 Å². The third kappa shape index (κ3) is 2.70. The lowest BCUT2D eigenvalue weighted by atomic mass is 9.96. The van der Waals surface area contributed by atoms with Crippen molar-refractivity contribution in [2.24, 2.45) is 5.41 Å². The Bertz CT molecular complexity index is 399. The average molecular weight is 308 g/mol. The zero-order chi connectivity index (χ0) is 14.3. The zero-order valence-electron chi connectivity index (χ0n) is 11.2. The maximum absolute atomic E-state index is 12.6. The smallest absolute Gasteiger partial charge is 0.307 e. The van der Waals surface area contributed by atoms with Crippen LogP contribution in [-0.4, -0.2) is 40.8 Å². The number of amides is 1. The van der Waals surface area contributed by atoms with Crippen LogP contribution >= 0.6 is 23.2 Å². The summed E-state index contributed by atoms with van der Waals surface area (Å²) in [6.07, 6.45) is 3.53. The average Bonchev–Trinajstić information content (AvgIpc) is 2.89. The molecule has 2 fully saturated rings. The molecule has 2 rings (SSSR count). The lowest BCUT2D eigenvalue weighted by Gasteiger charge is -2.37. The molecule has 19 heavy (non-hydrogen) atoms. The maximum Gasteiger partial charge on any atom is 0.307 e. The Labute approximate surface area is 123 Å². The van der Waals surface area contributed by atoms with E-state index in [-0.39, 0.29) is 24.3 Å². The minimum Gasteiger partial charge on any atom is -0.469 e. The topological polar surface area (TPSA) is 46.6 Å². The summed E-state index contributed by atoms with van der Waals surface area (Å²) in [6, 6.07) is -0.0877. The summed E-state index contributed by atoms with van der Waals surface area (Å²) in [4.78, 5) is 25.8. The molecule has 0 aromatic heterocycles. The molecule has 0 aromatic carbocycles. The van der Waals surface area contributed by atoms with Gasteiger partial charge in [-0.25, -0.2) is 0 Å². The molecule has 1 aliphatic carbocycles. The van der Waals surface area contributed by atoms with Crippen molar-refractivity contribution in [2.75, 3.05) is 13.7 Å². The van der Waals surface area contributed by atoms with Crippen LogP contribution in [0, 0.1) is 5.41 Å². The third-order valence-electron chi connectivity index (χ3n) is 4.25. The predicted molar refractivity (Wildman–Crippen MR) is 73.1 cm³/mol. The molecule has 0 bridgehead atoms. The number of nitrogens with zero attached hydrogens (tertiary/aromatic N) is 1. The van der Waals surface area contributed by atoms with Crippen LogP contribution in [0.3, 0.4) is 0 Å². The second-order valence-electron chi connectivity index (χ2n) is 5.64. The van der Waals surface area contributed by atoms with Crippen molar-refractivity contribution in [3.05, 3.63) is 0 Å². The van der Waals surface area contributed by atoms with Gasteiger partial charge in [-0.05, 0) is 32.6 Å². The summed E-state index contributed by atoms with van der Waals surface area (Å²) in [5, 5.41) is 0. The summed E-state index contributed by atoms with van der Waals surface area (Å²) < 4.78 is 3.73. The van der Waals surface area contributed by atoms with Crippen LogP contribution in [0.25, 0.3) is 0 Å². The van der Waals surface area contributed by atoms with E-state index >= 15 is 0 Å². The summed E-state index contributed by atoms with van der Waals surface area (Å²) in [5.74, 6) is -0.320. The maximum atomic E-state index is 12.6. The van der Waals surface area contributed by atoms with Gasteiger partial charge < -0.3 is 9.64 Å². The highest BCUT2D eigenvalue weighted by Gasteiger charge is 2.69. The van der Waals surface area contributed by atoms with Crippen molar-refractivity contribution < 1.29 is 14.3 Å². The van der Waals surface area contributed by atoms with Gasteiger partial charge in [0.25, 0.3) is 0 Å². The van der Waals surface area contributed by atoms with E-state index in [1.165, 1.54) is 7.11 Å². The Kier molecular flexibility index (Phi) is 4.03. The van der Waals surface area contributed by atoms with Gasteiger partial charge in [-0.2, -0.15) is 0 Å². The van der Waals surface area contributed by atoms with Gasteiger partial charge in [-0.15, -0.1) is 23.2 Å². The number of ether oxygens (including phenoxy) is 1. The monoisotopic (exact) mass is 307 g/mol. The molecule has 0 N–H and O–H groups in total. The zero-order valence-corrected chi connectivity index (χ0v) is 12.8. The van der Waals surface area contributed by atoms with Gasteiger partial charge >= 0.3 is 5.97 Å². The van der Waals surface area contributed by atoms with E-state index in [4.69, 9.17) is 27.9 Å². The molecule has 6 heteroatoms. The molecule has 1 aliphatic heterocycles. The minimum atomic E-state index is -0.961. The SMILES string of the molecule is COC(=O)C[C@H]1CCCCN1C(=O)[C@@]1(C)CC1(Cl)Cl. The van der Waals surface area contributed by atoms with Gasteiger partial charge in [0, 0.05) is 12.6 Å². The Morgan fingerprint density at radius 3 is 2.53 bits per heavy atom. The Morgan fingerprint density at radius 1 is 1.37 bits per heavy atom. The standard InChI is InChI=1S/C13H19Cl2NO3/c1-12(8-13(12,14)15)11(18)16-6-4-3-5-9(16)7-10(17)19-2/h9H,3-8H2,1-2H3/t9-,12-/m1/s1. The number of hydrogen-bond acceptors (Lipinski definition) is 3. The Balaban J connectivity index is 2.08. The number of likely N-dealkylation sites (tertiary alicyclic amines) is 1. The van der Waals surface area contributed by atoms with Crippen LogP contribution in [0.4, 0.5) is 0 Å². The molecule has 4 nitrogen and oxygen atoms in total. The van der Waals surface area contributed by atoms with E-state index < -0.39 is 9.75 Å². The first kappa shape index (κ1) is 14.9. The first-order valence-corrected chi connectivity index (χ1v) is 7.33. The van der Waals surface area contributed by atoms with Crippen LogP contribution in [-0.2, 0) is 14.3 Å². The van der Waals surface area contributed by atoms with Crippen LogP contribution in [0.5, 0.6) is 0 Å². The van der Waals surface area contributed by atoms with E-state index in [1.54, 1.807) is 11.8 Å². The first-order valence-electron chi connectivity index (χ1n) is 6.57. The van der Waals surface area contributed by atoms with E-state index in [9.17, 15) is 9.59 Å². The third-order valence-corrected chi connectivity index (χ3v) is 5.35. The van der Waals surface area contributed by atoms with E-state index in [0.717, 1.165) is 19.3 Å². The lowest BCUT2D eigenvalue weighted by Crippen LogP contribution is -2.48. The molecule has 0 aromatic rings. The molecule has 1 saturated heterocycles. The second-order valence-corrected chi connectivity index (χ2v) is 7.13. The normalized spacial score (nSPS) is 32.8. The van der Waals surface area contributed by atoms with Crippen LogP contribution in [0.15, 0.2) is 0 Å². The molecule has 1 heterocycles. The fourth-order valence-electron chi connectivity index (χ4n) is 2.70. The van der Waals surface area contributed by atoms with Gasteiger partial charge in [-0.1, -0.05) is 0 Å². The van der Waals surface area contributed by atoms with Crippen LogP contribution < -0.4 is 0 Å². The van der Waals surface area contributed by atoms with Crippen LogP contribution in [0.2, 0.25) is 0 Å². The highest BCUT2D eigenvalue weighted by atomic mass is 35.5. The molecule has 2 atom stereocenters. The Hall–Kier alpha value is -0.480. The highest BCUT2D eigenvalue weighted by Crippen LogP contribution is 2.64. The van der Waals surface area contributed by atoms with Crippen molar-refractivity contribution in [2.45, 2.75) is 49.4 Å². The molecular weight excluding hydrogens is 289 g/mol. The number of piperidine rings is 1. The van der Waals surface area contributed by atoms with Gasteiger partial charge in [0.1, 0.15) is 4.33 Å². The predicted octanol–water partition coefficient (Wildman–Crippen LogP) is 2.51. The number of carbonyl (C=O) groups excluding carboxylic acids is 2. The Morgan fingerprint density at radius 2 is 2.00 bits per heavy atom. The van der Waals surface area contributed by atoms with Gasteiger partial charge in [-0.3, -0.25) is 9.59 Å². The number of rotatable bonds is 3. The van der Waals surface area contributed by atoms with E-state index in [0.29, 0.717) is 13.0 Å². The number of alkyl halides is 2. The largest absolute Gasteiger partial charge is 0.469 e. The van der Waals surface area contributed by atoms with Gasteiger partial charge in [0.2, 0.25) is 5.91 Å². The lowest BCUT2D eigenvalue weighted by molar-refractivity contribution is -0.146. The molecule has 0 unspecified atom stereocenters. The van der Waals surface area contributed by atoms with Gasteiger partial charge in [0.15, 0.2) is 0 Å². The summed E-state index contributed by atoms with van der Waals surface area (Å²) in [7, 11) is 1.36. The number of hydrogen-bond donors (Lipinski definition) is 0. The fraction of sp³-hybridized carbons (Fsp3) is 0.846. The summed E-state index contributed by atoms with van der Waals surface area (Å²) >= 11 is 12.1. The number of methoxy groups -OCH3 is 1. The first-order chi connectivity index (χ1) is 8.82. The minimum absolute atomic E-state index is 0.0360. The summed E-state index contributed by atoms with van der Waals surface area (Å²) in [5.41, 5.74) is -0.707. The molecular formula is C13H19Cl2NO3. The number of halogens is 2. The molecule has 2 aliphatic rings. The number of carbonyl (C=O) groups is 2. The molecule has 0 spiro atoms. The second kappa shape index (κ2) is 5.13. The molecule has 108 valence electrons. The quantitative estimate of drug-likeness (QED) is 0.594. The van der Waals surface area contributed by atoms with Crippen molar-refractivity contribution >= 4 is 35.1 Å². The molecule has 1 saturated carbocycles. The van der Waals surface area contributed by atoms with Crippen molar-refractivity contribution in [3.63, 3.8) is 0 Å². The van der Waals surface area contributed by atoms with Gasteiger partial charge in [0.05, 0.1) is 18.9 Å². The summed E-state index contributed by atoms with van der Waals surface area (Å²) in [6.45, 7) is 2.46. The van der Waals surface area contributed by atoms with Crippen molar-refractivity contribution in [1.82, 2.24) is 4.90 Å². The van der Waals surface area contributed by atoms with E-state index in [2.05, 4.69) is 0 Å². The highest BCUT2D eigenvalue weighted by molar-refractivity contribution is 6.53. The van der Waals surface area contributed by atoms with Crippen molar-refractivity contribution in [3.8, 4) is 0 Å². The fourth-order valence-corrected chi connectivity index (χ4v) is 3.40. The molecule has 0 radical (unpaired) electrons. The molecule has 1 amide bonds. The number of esters is 1. The van der Waals surface area contributed by atoms with Crippen LogP contribution in [0.1, 0.15) is 39.0 Å².